The van der Waals surface area contributed by atoms with Crippen molar-refractivity contribution in [2.24, 2.45) is 5.10 Å². The first-order chi connectivity index (χ1) is 11.1. The predicted molar refractivity (Wildman–Crippen MR) is 88.3 cm³/mol. The lowest BCUT2D eigenvalue weighted by Crippen LogP contribution is -2.17. The summed E-state index contributed by atoms with van der Waals surface area (Å²) in [5, 5.41) is 14.4. The highest BCUT2D eigenvalue weighted by molar-refractivity contribution is 7.16. The van der Waals surface area contributed by atoms with Crippen molar-refractivity contribution in [1.82, 2.24) is 5.43 Å². The number of carbonyl (C=O) groups excluding carboxylic acids is 1. The minimum Gasteiger partial charge on any atom is -0.494 e. The molecule has 1 aromatic heterocycles. The van der Waals surface area contributed by atoms with E-state index in [0.29, 0.717) is 22.8 Å². The molecule has 7 nitrogen and oxygen atoms in total. The molecule has 0 fully saturated rings. The van der Waals surface area contributed by atoms with Gasteiger partial charge in [-0.15, -0.1) is 0 Å². The second-order valence-corrected chi connectivity index (χ2v) is 5.60. The molecule has 23 heavy (non-hydrogen) atoms. The number of amides is 1. The summed E-state index contributed by atoms with van der Waals surface area (Å²) >= 11 is 0.982. The predicted octanol–water partition coefficient (Wildman–Crippen LogP) is 3.21. The summed E-state index contributed by atoms with van der Waals surface area (Å²) in [7, 11) is 0. The Labute approximate surface area is 136 Å². The molecule has 1 aromatic carbocycles. The Bertz CT molecular complexity index is 710. The smallest absolute Gasteiger partial charge is 0.324 e. The van der Waals surface area contributed by atoms with Crippen molar-refractivity contribution in [2.45, 2.75) is 13.3 Å². The first kappa shape index (κ1) is 16.6. The van der Waals surface area contributed by atoms with Gasteiger partial charge in [0.25, 0.3) is 5.91 Å². The SMILES string of the molecule is CCCOc1ccc(C(=O)NN=Cc2ccc([N+](=O)[O-])s2)cc1. The molecule has 0 aliphatic carbocycles. The molecule has 0 spiro atoms. The van der Waals surface area contributed by atoms with Crippen molar-refractivity contribution in [1.29, 1.82) is 0 Å². The lowest BCUT2D eigenvalue weighted by molar-refractivity contribution is -0.380. The Morgan fingerprint density at radius 1 is 1.35 bits per heavy atom. The average Bonchev–Trinajstić information content (AvgIpc) is 3.02. The van der Waals surface area contributed by atoms with Crippen LogP contribution in [-0.4, -0.2) is 23.7 Å². The van der Waals surface area contributed by atoms with E-state index in [0.717, 1.165) is 17.8 Å². The van der Waals surface area contributed by atoms with E-state index in [-0.39, 0.29) is 10.9 Å². The van der Waals surface area contributed by atoms with Gasteiger partial charge < -0.3 is 4.74 Å². The van der Waals surface area contributed by atoms with Gasteiger partial charge in [0.2, 0.25) is 0 Å². The van der Waals surface area contributed by atoms with Crippen LogP contribution in [0.25, 0.3) is 0 Å². The third kappa shape index (κ3) is 4.89. The van der Waals surface area contributed by atoms with Crippen LogP contribution in [0.15, 0.2) is 41.5 Å². The number of hydrogen-bond acceptors (Lipinski definition) is 6. The highest BCUT2D eigenvalue weighted by Gasteiger charge is 2.08. The van der Waals surface area contributed by atoms with Crippen LogP contribution in [0.4, 0.5) is 5.00 Å². The van der Waals surface area contributed by atoms with Crippen LogP contribution in [-0.2, 0) is 0 Å². The number of rotatable bonds is 7. The van der Waals surface area contributed by atoms with E-state index in [4.69, 9.17) is 4.74 Å². The van der Waals surface area contributed by atoms with Crippen molar-refractivity contribution in [2.75, 3.05) is 6.61 Å². The number of nitrogens with one attached hydrogen (secondary N) is 1. The van der Waals surface area contributed by atoms with Gasteiger partial charge in [0.15, 0.2) is 0 Å². The Morgan fingerprint density at radius 3 is 2.70 bits per heavy atom. The molecule has 0 unspecified atom stereocenters. The van der Waals surface area contributed by atoms with Crippen LogP contribution in [0.1, 0.15) is 28.6 Å². The molecule has 1 N–H and O–H groups in total. The van der Waals surface area contributed by atoms with Gasteiger partial charge in [-0.25, -0.2) is 5.43 Å². The number of carbonyl (C=O) groups is 1. The van der Waals surface area contributed by atoms with Gasteiger partial charge in [-0.05, 0) is 36.8 Å². The molecule has 2 rings (SSSR count). The third-order valence-corrected chi connectivity index (χ3v) is 3.71. The second-order valence-electron chi connectivity index (χ2n) is 4.51. The molecule has 0 aliphatic heterocycles. The Balaban J connectivity index is 1.90. The van der Waals surface area contributed by atoms with E-state index in [9.17, 15) is 14.9 Å². The molecule has 120 valence electrons. The van der Waals surface area contributed by atoms with Gasteiger partial charge in [0.05, 0.1) is 22.6 Å². The third-order valence-electron chi connectivity index (χ3n) is 2.74. The number of hydrogen-bond donors (Lipinski definition) is 1. The Morgan fingerprint density at radius 2 is 2.09 bits per heavy atom. The topological polar surface area (TPSA) is 93.8 Å². The monoisotopic (exact) mass is 333 g/mol. The summed E-state index contributed by atoms with van der Waals surface area (Å²) in [6, 6.07) is 9.69. The number of ether oxygens (including phenoxy) is 1. The van der Waals surface area contributed by atoms with E-state index >= 15 is 0 Å². The Hall–Kier alpha value is -2.74. The maximum absolute atomic E-state index is 11.9. The molecule has 0 atom stereocenters. The second kappa shape index (κ2) is 8.04. The lowest BCUT2D eigenvalue weighted by atomic mass is 10.2. The summed E-state index contributed by atoms with van der Waals surface area (Å²) in [5.74, 6) is 0.340. The maximum atomic E-state index is 11.9. The van der Waals surface area contributed by atoms with Gasteiger partial charge in [-0.2, -0.15) is 5.10 Å². The molecule has 0 bridgehead atoms. The molecule has 0 saturated heterocycles. The normalized spacial score (nSPS) is 10.7. The molecule has 8 heteroatoms. The molecule has 1 amide bonds. The molecular weight excluding hydrogens is 318 g/mol. The van der Waals surface area contributed by atoms with Gasteiger partial charge in [0.1, 0.15) is 5.75 Å². The zero-order valence-electron chi connectivity index (χ0n) is 12.4. The molecule has 1 heterocycles. The highest BCUT2D eigenvalue weighted by atomic mass is 32.1. The van der Waals surface area contributed by atoms with Crippen LogP contribution in [0.3, 0.4) is 0 Å². The Kier molecular flexibility index (Phi) is 5.81. The fraction of sp³-hybridized carbons (Fsp3) is 0.200. The van der Waals surface area contributed by atoms with E-state index in [1.54, 1.807) is 30.3 Å². The molecular formula is C15H15N3O4S. The fourth-order valence-electron chi connectivity index (χ4n) is 1.65. The summed E-state index contributed by atoms with van der Waals surface area (Å²) in [5.41, 5.74) is 2.82. The first-order valence-corrected chi connectivity index (χ1v) is 7.72. The largest absolute Gasteiger partial charge is 0.494 e. The minimum atomic E-state index is -0.469. The minimum absolute atomic E-state index is 0.0282. The van der Waals surface area contributed by atoms with Crippen LogP contribution < -0.4 is 10.2 Å². The van der Waals surface area contributed by atoms with E-state index in [1.807, 2.05) is 6.92 Å². The van der Waals surface area contributed by atoms with Gasteiger partial charge in [0, 0.05) is 11.6 Å². The van der Waals surface area contributed by atoms with Crippen LogP contribution >= 0.6 is 11.3 Å². The van der Waals surface area contributed by atoms with Crippen molar-refractivity contribution < 1.29 is 14.5 Å². The first-order valence-electron chi connectivity index (χ1n) is 6.90. The van der Waals surface area contributed by atoms with E-state index in [2.05, 4.69) is 10.5 Å². The van der Waals surface area contributed by atoms with Crippen LogP contribution in [0, 0.1) is 10.1 Å². The van der Waals surface area contributed by atoms with Gasteiger partial charge >= 0.3 is 5.00 Å². The van der Waals surface area contributed by atoms with Crippen molar-refractivity contribution in [3.8, 4) is 5.75 Å². The van der Waals surface area contributed by atoms with Gasteiger partial charge in [-0.1, -0.05) is 18.3 Å². The number of nitrogens with zero attached hydrogens (tertiary/aromatic N) is 2. The number of benzene rings is 1. The summed E-state index contributed by atoms with van der Waals surface area (Å²) in [6.07, 6.45) is 2.28. The summed E-state index contributed by atoms with van der Waals surface area (Å²) in [6.45, 7) is 2.64. The number of thiophene rings is 1. The van der Waals surface area contributed by atoms with Crippen molar-refractivity contribution in [3.05, 3.63) is 57.0 Å². The molecule has 0 radical (unpaired) electrons. The summed E-state index contributed by atoms with van der Waals surface area (Å²) in [4.78, 5) is 22.6. The average molecular weight is 333 g/mol. The van der Waals surface area contributed by atoms with Crippen molar-refractivity contribution >= 4 is 28.5 Å². The van der Waals surface area contributed by atoms with Crippen LogP contribution in [0.5, 0.6) is 5.75 Å². The van der Waals surface area contributed by atoms with Crippen molar-refractivity contribution in [3.63, 3.8) is 0 Å². The lowest BCUT2D eigenvalue weighted by Gasteiger charge is -2.05. The number of nitro groups is 1. The maximum Gasteiger partial charge on any atom is 0.324 e. The summed E-state index contributed by atoms with van der Waals surface area (Å²) < 4.78 is 5.44. The highest BCUT2D eigenvalue weighted by Crippen LogP contribution is 2.22. The quantitative estimate of drug-likeness (QED) is 0.478. The van der Waals surface area contributed by atoms with E-state index < -0.39 is 4.92 Å². The standard InChI is InChI=1S/C15H15N3O4S/c1-2-9-22-12-5-3-11(4-6-12)15(19)17-16-10-13-7-8-14(23-13)18(20)21/h3-8,10H,2,9H2,1H3,(H,17,19). The molecule has 2 aromatic rings. The van der Waals surface area contributed by atoms with E-state index in [1.165, 1.54) is 12.3 Å². The molecule has 0 saturated carbocycles. The molecule has 0 aliphatic rings. The van der Waals surface area contributed by atoms with Crippen LogP contribution in [0.2, 0.25) is 0 Å². The number of hydrazone groups is 1. The zero-order chi connectivity index (χ0) is 16.7. The van der Waals surface area contributed by atoms with Gasteiger partial charge in [-0.3, -0.25) is 14.9 Å². The fourth-order valence-corrected chi connectivity index (χ4v) is 2.34. The zero-order valence-corrected chi connectivity index (χ0v) is 13.2.